The first-order valence-electron chi connectivity index (χ1n) is 10.3. The largest absolute Gasteiger partial charge is 0.506 e. The Morgan fingerprint density at radius 3 is 2.86 bits per heavy atom. The molecule has 0 radical (unpaired) electrons. The van der Waals surface area contributed by atoms with Crippen LogP contribution in [0, 0.1) is 0 Å². The predicted molar refractivity (Wildman–Crippen MR) is 115 cm³/mol. The molecule has 2 aromatic heterocycles. The second-order valence-corrected chi connectivity index (χ2v) is 8.12. The number of pyridine rings is 1. The molecule has 7 heteroatoms. The van der Waals surface area contributed by atoms with Crippen molar-refractivity contribution in [2.24, 2.45) is 4.99 Å². The predicted octanol–water partition coefficient (Wildman–Crippen LogP) is 3.42. The monoisotopic (exact) mass is 394 g/mol. The van der Waals surface area contributed by atoms with Crippen LogP contribution in [0.5, 0.6) is 0 Å². The number of aliphatic hydroxyl groups is 1. The third kappa shape index (κ3) is 4.40. The lowest BCUT2D eigenvalue weighted by Crippen LogP contribution is -2.48. The van der Waals surface area contributed by atoms with E-state index in [-0.39, 0.29) is 11.5 Å². The Labute approximate surface area is 170 Å². The third-order valence-corrected chi connectivity index (χ3v) is 5.76. The maximum Gasteiger partial charge on any atom is 0.182 e. The Bertz CT molecular complexity index is 996. The SMILES string of the molecule is C[N+]1(CCCNc2nn3ccccc3c2/N=C2\C=CC(=O)C=C2O)CCCCC1. The van der Waals surface area contributed by atoms with Crippen molar-refractivity contribution in [1.29, 1.82) is 0 Å². The summed E-state index contributed by atoms with van der Waals surface area (Å²) in [5.74, 6) is 0.318. The Kier molecular flexibility index (Phi) is 5.49. The topological polar surface area (TPSA) is 79.0 Å². The van der Waals surface area contributed by atoms with E-state index in [4.69, 9.17) is 0 Å². The Hall–Kier alpha value is -2.93. The lowest BCUT2D eigenvalue weighted by molar-refractivity contribution is -0.914. The minimum absolute atomic E-state index is 0.124. The van der Waals surface area contributed by atoms with E-state index in [0.29, 0.717) is 17.2 Å². The number of aliphatic imine (C=N–C) groups is 1. The molecule has 2 aromatic rings. The van der Waals surface area contributed by atoms with Crippen LogP contribution >= 0.6 is 0 Å². The van der Waals surface area contributed by atoms with E-state index in [1.165, 1.54) is 50.6 Å². The maximum absolute atomic E-state index is 11.4. The second-order valence-electron chi connectivity index (χ2n) is 8.12. The highest BCUT2D eigenvalue weighted by Crippen LogP contribution is 2.31. The summed E-state index contributed by atoms with van der Waals surface area (Å²) in [5.41, 5.74) is 1.87. The number of piperidine rings is 1. The van der Waals surface area contributed by atoms with Gasteiger partial charge in [-0.1, -0.05) is 6.07 Å². The molecule has 152 valence electrons. The Morgan fingerprint density at radius 1 is 1.24 bits per heavy atom. The normalized spacial score (nSPS) is 20.2. The number of aliphatic hydroxyl groups excluding tert-OH is 1. The van der Waals surface area contributed by atoms with Gasteiger partial charge in [0.1, 0.15) is 17.2 Å². The number of carbonyl (C=O) groups is 1. The summed E-state index contributed by atoms with van der Waals surface area (Å²) in [6.07, 6.45) is 11.1. The molecule has 0 aromatic carbocycles. The van der Waals surface area contributed by atoms with E-state index in [1.807, 2.05) is 24.4 Å². The molecule has 0 spiro atoms. The van der Waals surface area contributed by atoms with Gasteiger partial charge in [-0.2, -0.15) is 0 Å². The van der Waals surface area contributed by atoms with Crippen LogP contribution in [0.2, 0.25) is 0 Å². The first-order valence-corrected chi connectivity index (χ1v) is 10.3. The molecule has 3 heterocycles. The smallest absolute Gasteiger partial charge is 0.182 e. The van der Waals surface area contributed by atoms with Crippen LogP contribution in [0.15, 0.2) is 53.4 Å². The zero-order valence-corrected chi connectivity index (χ0v) is 16.8. The number of hydrogen-bond donors (Lipinski definition) is 2. The van der Waals surface area contributed by atoms with Crippen LogP contribution in [0.1, 0.15) is 25.7 Å². The van der Waals surface area contributed by atoms with E-state index >= 15 is 0 Å². The zero-order valence-electron chi connectivity index (χ0n) is 16.8. The number of ketones is 1. The summed E-state index contributed by atoms with van der Waals surface area (Å²) in [6, 6.07) is 5.79. The standard InChI is InChI=1S/C22H27N5O2/c1-27(13-5-2-6-14-27)15-7-11-23-22-21(19-8-3-4-12-26(19)25-22)24-18-10-9-17(28)16-20(18)29/h3-4,8-10,12,16H,2,5-7,11,13-15H2,1H3,(H-,23,25,28,29)/p+1/b24-18+. The Balaban J connectivity index is 1.52. The minimum atomic E-state index is -0.242. The van der Waals surface area contributed by atoms with Gasteiger partial charge in [-0.15, -0.1) is 5.10 Å². The maximum atomic E-state index is 11.4. The van der Waals surface area contributed by atoms with Crippen molar-refractivity contribution in [1.82, 2.24) is 9.61 Å². The summed E-state index contributed by atoms with van der Waals surface area (Å²) in [5, 5.41) is 18.1. The molecule has 0 atom stereocenters. The van der Waals surface area contributed by atoms with E-state index in [1.54, 1.807) is 4.52 Å². The summed E-state index contributed by atoms with van der Waals surface area (Å²) >= 11 is 0. The average Bonchev–Trinajstić information content (AvgIpc) is 3.05. The highest BCUT2D eigenvalue weighted by Gasteiger charge is 2.24. The number of quaternary nitrogens is 1. The molecule has 1 aliphatic heterocycles. The minimum Gasteiger partial charge on any atom is -0.506 e. The van der Waals surface area contributed by atoms with Gasteiger partial charge < -0.3 is 14.9 Å². The fraction of sp³-hybridized carbons (Fsp3) is 0.409. The van der Waals surface area contributed by atoms with Gasteiger partial charge in [0.25, 0.3) is 0 Å². The number of aromatic nitrogens is 2. The number of nitrogens with zero attached hydrogens (tertiary/aromatic N) is 4. The van der Waals surface area contributed by atoms with Gasteiger partial charge in [-0.25, -0.2) is 9.51 Å². The first kappa shape index (κ1) is 19.4. The van der Waals surface area contributed by atoms with Gasteiger partial charge in [0, 0.05) is 25.2 Å². The number of allylic oxidation sites excluding steroid dienone is 3. The molecule has 1 saturated heterocycles. The van der Waals surface area contributed by atoms with Crippen LogP contribution in [0.4, 0.5) is 11.5 Å². The molecule has 0 unspecified atom stereocenters. The lowest BCUT2D eigenvalue weighted by Gasteiger charge is -2.37. The fourth-order valence-electron chi connectivity index (χ4n) is 4.10. The quantitative estimate of drug-likeness (QED) is 0.447. The summed E-state index contributed by atoms with van der Waals surface area (Å²) < 4.78 is 2.93. The molecular formula is C22H28N5O2+. The van der Waals surface area contributed by atoms with E-state index < -0.39 is 0 Å². The van der Waals surface area contributed by atoms with Gasteiger partial charge in [-0.05, 0) is 43.5 Å². The molecule has 0 bridgehead atoms. The van der Waals surface area contributed by atoms with Crippen molar-refractivity contribution in [3.05, 3.63) is 48.4 Å². The molecule has 29 heavy (non-hydrogen) atoms. The summed E-state index contributed by atoms with van der Waals surface area (Å²) in [7, 11) is 2.35. The number of anilines is 1. The van der Waals surface area contributed by atoms with Gasteiger partial charge in [0.2, 0.25) is 0 Å². The molecule has 2 N–H and O–H groups in total. The van der Waals surface area contributed by atoms with Crippen LogP contribution < -0.4 is 5.32 Å². The van der Waals surface area contributed by atoms with Crippen LogP contribution in [0.25, 0.3) is 5.52 Å². The van der Waals surface area contributed by atoms with Crippen molar-refractivity contribution in [2.75, 3.05) is 38.5 Å². The van der Waals surface area contributed by atoms with Crippen LogP contribution in [-0.2, 0) is 4.79 Å². The van der Waals surface area contributed by atoms with Crippen LogP contribution in [-0.4, -0.2) is 63.9 Å². The number of carbonyl (C=O) groups excluding carboxylic acids is 1. The first-order chi connectivity index (χ1) is 14.0. The van der Waals surface area contributed by atoms with Crippen molar-refractivity contribution >= 4 is 28.5 Å². The van der Waals surface area contributed by atoms with Gasteiger partial charge >= 0.3 is 0 Å². The van der Waals surface area contributed by atoms with Crippen molar-refractivity contribution in [3.63, 3.8) is 0 Å². The molecular weight excluding hydrogens is 366 g/mol. The molecule has 0 saturated carbocycles. The summed E-state index contributed by atoms with van der Waals surface area (Å²) in [6.45, 7) is 4.50. The highest BCUT2D eigenvalue weighted by atomic mass is 16.3. The van der Waals surface area contributed by atoms with E-state index in [0.717, 1.165) is 29.5 Å². The second kappa shape index (κ2) is 8.21. The van der Waals surface area contributed by atoms with Crippen molar-refractivity contribution in [2.45, 2.75) is 25.7 Å². The molecule has 1 fully saturated rings. The van der Waals surface area contributed by atoms with Gasteiger partial charge in [0.05, 0.1) is 32.2 Å². The highest BCUT2D eigenvalue weighted by molar-refractivity contribution is 6.19. The molecule has 7 nitrogen and oxygen atoms in total. The molecule has 1 aliphatic carbocycles. The van der Waals surface area contributed by atoms with E-state index in [2.05, 4.69) is 22.5 Å². The van der Waals surface area contributed by atoms with Gasteiger partial charge in [-0.3, -0.25) is 4.79 Å². The fourth-order valence-corrected chi connectivity index (χ4v) is 4.10. The molecule has 4 rings (SSSR count). The number of likely N-dealkylation sites (tertiary alicyclic amines) is 1. The summed E-state index contributed by atoms with van der Waals surface area (Å²) in [4.78, 5) is 16.0. The molecule has 2 aliphatic rings. The van der Waals surface area contributed by atoms with Crippen LogP contribution in [0.3, 0.4) is 0 Å². The lowest BCUT2D eigenvalue weighted by atomic mass is 10.1. The van der Waals surface area contributed by atoms with Crippen molar-refractivity contribution in [3.8, 4) is 0 Å². The van der Waals surface area contributed by atoms with E-state index in [9.17, 15) is 9.90 Å². The van der Waals surface area contributed by atoms with Crippen molar-refractivity contribution < 1.29 is 14.4 Å². The van der Waals surface area contributed by atoms with Gasteiger partial charge in [0.15, 0.2) is 11.6 Å². The Morgan fingerprint density at radius 2 is 2.07 bits per heavy atom. The number of fused-ring (bicyclic) bond motifs is 1. The number of hydrogen-bond acceptors (Lipinski definition) is 5. The molecule has 0 amide bonds. The zero-order chi connectivity index (χ0) is 20.3. The number of nitrogens with one attached hydrogen (secondary N) is 1. The third-order valence-electron chi connectivity index (χ3n) is 5.76. The average molecular weight is 394 g/mol. The number of rotatable bonds is 6.